The van der Waals surface area contributed by atoms with Gasteiger partial charge in [0.25, 0.3) is 5.56 Å². The van der Waals surface area contributed by atoms with Crippen LogP contribution in [0.15, 0.2) is 66.0 Å². The molecule has 0 aliphatic carbocycles. The summed E-state index contributed by atoms with van der Waals surface area (Å²) in [5, 5.41) is 11.3. The Hall–Kier alpha value is -3.49. The summed E-state index contributed by atoms with van der Waals surface area (Å²) in [4.78, 5) is 17.5. The van der Waals surface area contributed by atoms with Crippen molar-refractivity contribution in [1.82, 2.24) is 14.1 Å². The SMILES string of the molecule is COc1cc(C(O)c2cc(Cl)cn(C(C)c3ccc(F)cc3F)c2=O)ccc1-n1cnc(C)c1. The second-order valence-electron chi connectivity index (χ2n) is 7.92. The molecule has 0 aliphatic rings. The standard InChI is InChI=1S/C25H22ClF2N3O3/c1-14-11-30(13-29-14)22-7-4-16(8-23(22)34-3)24(32)20-9-17(26)12-31(25(20)33)15(2)19-6-5-18(27)10-21(19)28/h4-13,15,24,32H,1-3H3. The Morgan fingerprint density at radius 2 is 1.85 bits per heavy atom. The number of hydrogen-bond donors (Lipinski definition) is 1. The molecule has 9 heteroatoms. The smallest absolute Gasteiger partial charge is 0.257 e. The highest BCUT2D eigenvalue weighted by molar-refractivity contribution is 6.30. The van der Waals surface area contributed by atoms with E-state index in [1.807, 2.05) is 13.1 Å². The first-order chi connectivity index (χ1) is 16.2. The van der Waals surface area contributed by atoms with Gasteiger partial charge in [-0.25, -0.2) is 13.8 Å². The molecule has 0 aliphatic heterocycles. The van der Waals surface area contributed by atoms with Crippen LogP contribution in [0, 0.1) is 18.6 Å². The molecule has 0 amide bonds. The maximum atomic E-state index is 14.3. The van der Waals surface area contributed by atoms with Gasteiger partial charge in [0.15, 0.2) is 0 Å². The number of ether oxygens (including phenoxy) is 1. The highest BCUT2D eigenvalue weighted by Gasteiger charge is 2.22. The minimum absolute atomic E-state index is 0.00940. The van der Waals surface area contributed by atoms with E-state index in [-0.39, 0.29) is 16.1 Å². The fraction of sp³-hybridized carbons (Fsp3) is 0.200. The maximum absolute atomic E-state index is 14.3. The van der Waals surface area contributed by atoms with Crippen molar-refractivity contribution in [3.05, 3.63) is 111 Å². The summed E-state index contributed by atoms with van der Waals surface area (Å²) in [6, 6.07) is 8.78. The van der Waals surface area contributed by atoms with Crippen LogP contribution < -0.4 is 10.3 Å². The van der Waals surface area contributed by atoms with Crippen molar-refractivity contribution in [2.45, 2.75) is 26.0 Å². The molecule has 176 valence electrons. The van der Waals surface area contributed by atoms with Gasteiger partial charge in [-0.15, -0.1) is 0 Å². The van der Waals surface area contributed by atoms with Crippen LogP contribution in [-0.4, -0.2) is 26.3 Å². The largest absolute Gasteiger partial charge is 0.495 e. The van der Waals surface area contributed by atoms with Crippen molar-refractivity contribution < 1.29 is 18.6 Å². The van der Waals surface area contributed by atoms with E-state index in [1.54, 1.807) is 36.0 Å². The second-order valence-corrected chi connectivity index (χ2v) is 8.36. The van der Waals surface area contributed by atoms with E-state index in [1.165, 1.54) is 30.0 Å². The third-order valence-corrected chi connectivity index (χ3v) is 5.88. The van der Waals surface area contributed by atoms with E-state index in [9.17, 15) is 18.7 Å². The molecule has 2 atom stereocenters. The molecule has 2 aromatic carbocycles. The number of nitrogens with zero attached hydrogens (tertiary/aromatic N) is 3. The summed E-state index contributed by atoms with van der Waals surface area (Å²) >= 11 is 6.26. The number of aryl methyl sites for hydroxylation is 1. The van der Waals surface area contributed by atoms with E-state index in [0.717, 1.165) is 17.8 Å². The minimum atomic E-state index is -1.32. The van der Waals surface area contributed by atoms with Gasteiger partial charge in [-0.05, 0) is 43.7 Å². The normalized spacial score (nSPS) is 13.0. The van der Waals surface area contributed by atoms with Gasteiger partial charge in [-0.3, -0.25) is 4.79 Å². The van der Waals surface area contributed by atoms with E-state index in [0.29, 0.717) is 17.0 Å². The van der Waals surface area contributed by atoms with Crippen molar-refractivity contribution in [3.63, 3.8) is 0 Å². The zero-order chi connectivity index (χ0) is 24.6. The van der Waals surface area contributed by atoms with Crippen molar-refractivity contribution >= 4 is 11.6 Å². The fourth-order valence-corrected chi connectivity index (χ4v) is 4.09. The lowest BCUT2D eigenvalue weighted by molar-refractivity contribution is 0.217. The van der Waals surface area contributed by atoms with Gasteiger partial charge in [0, 0.05) is 24.0 Å². The minimum Gasteiger partial charge on any atom is -0.495 e. The predicted octanol–water partition coefficient (Wildman–Crippen LogP) is 4.97. The summed E-state index contributed by atoms with van der Waals surface area (Å²) in [5.41, 5.74) is 1.52. The zero-order valence-electron chi connectivity index (χ0n) is 18.7. The molecule has 0 bridgehead atoms. The number of imidazole rings is 1. The summed E-state index contributed by atoms with van der Waals surface area (Å²) in [6.07, 6.45) is 3.52. The Labute approximate surface area is 199 Å². The molecule has 4 rings (SSSR count). The first kappa shape index (κ1) is 23.7. The topological polar surface area (TPSA) is 69.3 Å². The zero-order valence-corrected chi connectivity index (χ0v) is 19.4. The van der Waals surface area contributed by atoms with Crippen LogP contribution in [0.1, 0.15) is 41.5 Å². The average Bonchev–Trinajstić information content (AvgIpc) is 3.25. The Bertz CT molecular complexity index is 1420. The number of rotatable bonds is 6. The number of hydrogen-bond acceptors (Lipinski definition) is 4. The Balaban J connectivity index is 1.75. The Morgan fingerprint density at radius 1 is 1.09 bits per heavy atom. The van der Waals surface area contributed by atoms with Gasteiger partial charge in [0.2, 0.25) is 0 Å². The quantitative estimate of drug-likeness (QED) is 0.418. The molecule has 0 spiro atoms. The highest BCUT2D eigenvalue weighted by Crippen LogP contribution is 2.30. The summed E-state index contributed by atoms with van der Waals surface area (Å²) < 4.78 is 36.2. The van der Waals surface area contributed by atoms with Crippen LogP contribution in [0.2, 0.25) is 5.02 Å². The lowest BCUT2D eigenvalue weighted by Gasteiger charge is -2.20. The Kier molecular flexibility index (Phi) is 6.54. The lowest BCUT2D eigenvalue weighted by atomic mass is 10.0. The highest BCUT2D eigenvalue weighted by atomic mass is 35.5. The third kappa shape index (κ3) is 4.47. The van der Waals surface area contributed by atoms with Crippen LogP contribution in [0.4, 0.5) is 8.78 Å². The fourth-order valence-electron chi connectivity index (χ4n) is 3.87. The lowest BCUT2D eigenvalue weighted by Crippen LogP contribution is -2.28. The number of pyridine rings is 1. The molecule has 1 N–H and O–H groups in total. The molecule has 2 heterocycles. The number of halogens is 3. The maximum Gasteiger partial charge on any atom is 0.257 e. The number of aromatic nitrogens is 3. The number of benzene rings is 2. The number of aliphatic hydroxyl groups is 1. The summed E-state index contributed by atoms with van der Waals surface area (Å²) in [6.45, 7) is 3.46. The first-order valence-electron chi connectivity index (χ1n) is 10.4. The van der Waals surface area contributed by atoms with Gasteiger partial charge >= 0.3 is 0 Å². The third-order valence-electron chi connectivity index (χ3n) is 5.67. The molecule has 0 saturated carbocycles. The van der Waals surface area contributed by atoms with Gasteiger partial charge in [0.05, 0.1) is 41.4 Å². The van der Waals surface area contributed by atoms with E-state index in [2.05, 4.69) is 4.98 Å². The van der Waals surface area contributed by atoms with Crippen LogP contribution in [0.5, 0.6) is 5.75 Å². The van der Waals surface area contributed by atoms with Gasteiger partial charge in [0.1, 0.15) is 23.5 Å². The van der Waals surface area contributed by atoms with Gasteiger partial charge in [-0.1, -0.05) is 23.7 Å². The van der Waals surface area contributed by atoms with Crippen LogP contribution >= 0.6 is 11.6 Å². The molecule has 6 nitrogen and oxygen atoms in total. The predicted molar refractivity (Wildman–Crippen MR) is 125 cm³/mol. The van der Waals surface area contributed by atoms with E-state index in [4.69, 9.17) is 16.3 Å². The average molecular weight is 486 g/mol. The molecule has 0 radical (unpaired) electrons. The molecule has 4 aromatic rings. The Morgan fingerprint density at radius 3 is 2.50 bits per heavy atom. The van der Waals surface area contributed by atoms with Crippen LogP contribution in [0.25, 0.3) is 5.69 Å². The second kappa shape index (κ2) is 9.40. The number of methoxy groups -OCH3 is 1. The van der Waals surface area contributed by atoms with Crippen LogP contribution in [-0.2, 0) is 0 Å². The first-order valence-corrected chi connectivity index (χ1v) is 10.8. The van der Waals surface area contributed by atoms with Crippen molar-refractivity contribution in [1.29, 1.82) is 0 Å². The molecule has 2 aromatic heterocycles. The van der Waals surface area contributed by atoms with Crippen molar-refractivity contribution in [2.75, 3.05) is 7.11 Å². The molecule has 34 heavy (non-hydrogen) atoms. The van der Waals surface area contributed by atoms with Crippen molar-refractivity contribution in [3.8, 4) is 11.4 Å². The van der Waals surface area contributed by atoms with Crippen molar-refractivity contribution in [2.24, 2.45) is 0 Å². The summed E-state index contributed by atoms with van der Waals surface area (Å²) in [7, 11) is 1.50. The van der Waals surface area contributed by atoms with E-state index >= 15 is 0 Å². The molecular formula is C25H22ClF2N3O3. The van der Waals surface area contributed by atoms with Gasteiger partial charge < -0.3 is 19.0 Å². The van der Waals surface area contributed by atoms with E-state index < -0.39 is 29.3 Å². The van der Waals surface area contributed by atoms with Gasteiger partial charge in [-0.2, -0.15) is 0 Å². The number of aliphatic hydroxyl groups excluding tert-OH is 1. The molecule has 2 unspecified atom stereocenters. The molecule has 0 saturated heterocycles. The molecular weight excluding hydrogens is 464 g/mol. The molecule has 0 fully saturated rings. The summed E-state index contributed by atoms with van der Waals surface area (Å²) in [5.74, 6) is -1.03. The van der Waals surface area contributed by atoms with Crippen LogP contribution in [0.3, 0.4) is 0 Å². The monoisotopic (exact) mass is 485 g/mol.